The summed E-state index contributed by atoms with van der Waals surface area (Å²) in [6.07, 6.45) is 0. The topological polar surface area (TPSA) is 29.5 Å². The lowest BCUT2D eigenvalue weighted by Gasteiger charge is -2.09. The standard InChI is InChI=1S/C14H14O2/c1-2-16-13-10-6-9-12(14(13)15)11-7-4-3-5-8-11/h3-10,15H,2H2,1H3. The highest BCUT2D eigenvalue weighted by Gasteiger charge is 2.08. The van der Waals surface area contributed by atoms with Crippen LogP contribution < -0.4 is 4.74 Å². The van der Waals surface area contributed by atoms with E-state index in [9.17, 15) is 5.11 Å². The van der Waals surface area contributed by atoms with Crippen LogP contribution in [0.15, 0.2) is 48.5 Å². The predicted molar refractivity (Wildman–Crippen MR) is 64.7 cm³/mol. The summed E-state index contributed by atoms with van der Waals surface area (Å²) in [6, 6.07) is 15.3. The lowest BCUT2D eigenvalue weighted by molar-refractivity contribution is 0.319. The molecule has 0 saturated heterocycles. The first kappa shape index (κ1) is 10.6. The van der Waals surface area contributed by atoms with Gasteiger partial charge in [0.1, 0.15) is 0 Å². The monoisotopic (exact) mass is 214 g/mol. The number of hydrogen-bond donors (Lipinski definition) is 1. The smallest absolute Gasteiger partial charge is 0.165 e. The van der Waals surface area contributed by atoms with Crippen molar-refractivity contribution >= 4 is 0 Å². The van der Waals surface area contributed by atoms with Gasteiger partial charge >= 0.3 is 0 Å². The number of hydrogen-bond acceptors (Lipinski definition) is 2. The highest BCUT2D eigenvalue weighted by molar-refractivity contribution is 5.73. The normalized spacial score (nSPS) is 10.1. The Morgan fingerprint density at radius 1 is 1.00 bits per heavy atom. The molecule has 0 aliphatic rings. The SMILES string of the molecule is CCOc1cccc(-c2ccccc2)c1O. The summed E-state index contributed by atoms with van der Waals surface area (Å²) in [5.74, 6) is 0.736. The van der Waals surface area contributed by atoms with Gasteiger partial charge in [-0.25, -0.2) is 0 Å². The van der Waals surface area contributed by atoms with Crippen molar-refractivity contribution in [2.45, 2.75) is 6.92 Å². The Balaban J connectivity index is 2.46. The Morgan fingerprint density at radius 3 is 2.44 bits per heavy atom. The molecule has 0 amide bonds. The second-order valence-corrected chi connectivity index (χ2v) is 3.45. The number of para-hydroxylation sites is 1. The summed E-state index contributed by atoms with van der Waals surface area (Å²) >= 11 is 0. The molecular formula is C14H14O2. The molecule has 0 aliphatic carbocycles. The van der Waals surface area contributed by atoms with Crippen LogP contribution in [-0.4, -0.2) is 11.7 Å². The first-order valence-electron chi connectivity index (χ1n) is 5.33. The quantitative estimate of drug-likeness (QED) is 0.847. The average Bonchev–Trinajstić information content (AvgIpc) is 2.33. The zero-order valence-corrected chi connectivity index (χ0v) is 9.18. The molecule has 2 aromatic rings. The molecule has 0 fully saturated rings. The molecule has 0 atom stereocenters. The van der Waals surface area contributed by atoms with E-state index in [1.165, 1.54) is 0 Å². The van der Waals surface area contributed by atoms with E-state index in [1.54, 1.807) is 6.07 Å². The fraction of sp³-hybridized carbons (Fsp3) is 0.143. The minimum absolute atomic E-state index is 0.204. The largest absolute Gasteiger partial charge is 0.504 e. The molecule has 0 aliphatic heterocycles. The Morgan fingerprint density at radius 2 is 1.75 bits per heavy atom. The summed E-state index contributed by atoms with van der Waals surface area (Å²) in [4.78, 5) is 0. The number of aromatic hydroxyl groups is 1. The molecule has 0 saturated carbocycles. The number of phenols is 1. The molecule has 0 heterocycles. The van der Waals surface area contributed by atoms with Crippen molar-refractivity contribution < 1.29 is 9.84 Å². The van der Waals surface area contributed by atoms with Crippen molar-refractivity contribution in [2.24, 2.45) is 0 Å². The van der Waals surface area contributed by atoms with Crippen LogP contribution in [0, 0.1) is 0 Å². The van der Waals surface area contributed by atoms with Crippen LogP contribution in [0.25, 0.3) is 11.1 Å². The first-order chi connectivity index (χ1) is 7.83. The van der Waals surface area contributed by atoms with Crippen molar-refractivity contribution in [1.29, 1.82) is 0 Å². The molecule has 82 valence electrons. The van der Waals surface area contributed by atoms with Gasteiger partial charge in [-0.1, -0.05) is 42.5 Å². The van der Waals surface area contributed by atoms with Crippen LogP contribution in [0.1, 0.15) is 6.92 Å². The lowest BCUT2D eigenvalue weighted by Crippen LogP contribution is -1.92. The molecule has 2 aromatic carbocycles. The van der Waals surface area contributed by atoms with Crippen LogP contribution >= 0.6 is 0 Å². The number of benzene rings is 2. The third-order valence-electron chi connectivity index (χ3n) is 2.38. The van der Waals surface area contributed by atoms with Crippen molar-refractivity contribution in [2.75, 3.05) is 6.61 Å². The van der Waals surface area contributed by atoms with Gasteiger partial charge in [0.15, 0.2) is 11.5 Å². The third kappa shape index (κ3) is 2.01. The summed E-state index contributed by atoms with van der Waals surface area (Å²) in [7, 11) is 0. The van der Waals surface area contributed by atoms with Crippen LogP contribution in [0.3, 0.4) is 0 Å². The van der Waals surface area contributed by atoms with E-state index in [2.05, 4.69) is 0 Å². The van der Waals surface area contributed by atoms with Gasteiger partial charge in [-0.05, 0) is 18.6 Å². The minimum Gasteiger partial charge on any atom is -0.504 e. The van der Waals surface area contributed by atoms with E-state index in [4.69, 9.17) is 4.74 Å². The van der Waals surface area contributed by atoms with Gasteiger partial charge < -0.3 is 9.84 Å². The van der Waals surface area contributed by atoms with Gasteiger partial charge in [-0.15, -0.1) is 0 Å². The molecule has 2 nitrogen and oxygen atoms in total. The van der Waals surface area contributed by atoms with E-state index in [0.717, 1.165) is 11.1 Å². The molecule has 0 bridgehead atoms. The van der Waals surface area contributed by atoms with Gasteiger partial charge in [0.05, 0.1) is 6.61 Å². The maximum atomic E-state index is 10.0. The van der Waals surface area contributed by atoms with E-state index >= 15 is 0 Å². The summed E-state index contributed by atoms with van der Waals surface area (Å²) < 4.78 is 5.35. The van der Waals surface area contributed by atoms with Crippen molar-refractivity contribution in [3.05, 3.63) is 48.5 Å². The fourth-order valence-electron chi connectivity index (χ4n) is 1.64. The lowest BCUT2D eigenvalue weighted by atomic mass is 10.0. The fourth-order valence-corrected chi connectivity index (χ4v) is 1.64. The highest BCUT2D eigenvalue weighted by Crippen LogP contribution is 2.36. The Bertz CT molecular complexity index is 463. The summed E-state index contributed by atoms with van der Waals surface area (Å²) in [6.45, 7) is 2.44. The van der Waals surface area contributed by atoms with Gasteiger partial charge in [0.2, 0.25) is 0 Å². The van der Waals surface area contributed by atoms with E-state index < -0.39 is 0 Å². The maximum Gasteiger partial charge on any atom is 0.165 e. The molecule has 16 heavy (non-hydrogen) atoms. The van der Waals surface area contributed by atoms with Crippen molar-refractivity contribution in [3.63, 3.8) is 0 Å². The van der Waals surface area contributed by atoms with Crippen LogP contribution in [-0.2, 0) is 0 Å². The summed E-state index contributed by atoms with van der Waals surface area (Å²) in [5.41, 5.74) is 1.79. The Labute approximate surface area is 95.1 Å². The average molecular weight is 214 g/mol. The predicted octanol–water partition coefficient (Wildman–Crippen LogP) is 3.46. The third-order valence-corrected chi connectivity index (χ3v) is 2.38. The molecule has 0 unspecified atom stereocenters. The molecule has 2 rings (SSSR count). The second-order valence-electron chi connectivity index (χ2n) is 3.45. The second kappa shape index (κ2) is 4.71. The van der Waals surface area contributed by atoms with Crippen LogP contribution in [0.4, 0.5) is 0 Å². The highest BCUT2D eigenvalue weighted by atomic mass is 16.5. The van der Waals surface area contributed by atoms with E-state index in [1.807, 2.05) is 49.4 Å². The molecule has 0 spiro atoms. The molecule has 0 aromatic heterocycles. The first-order valence-corrected chi connectivity index (χ1v) is 5.33. The van der Waals surface area contributed by atoms with Gasteiger partial charge in [0, 0.05) is 5.56 Å². The molecule has 1 N–H and O–H groups in total. The minimum atomic E-state index is 0.204. The molecular weight excluding hydrogens is 200 g/mol. The number of rotatable bonds is 3. The van der Waals surface area contributed by atoms with Gasteiger partial charge in [-0.2, -0.15) is 0 Å². The Kier molecular flexibility index (Phi) is 3.10. The van der Waals surface area contributed by atoms with E-state index in [-0.39, 0.29) is 5.75 Å². The zero-order chi connectivity index (χ0) is 11.4. The number of ether oxygens (including phenoxy) is 1. The van der Waals surface area contributed by atoms with Crippen molar-refractivity contribution in [1.82, 2.24) is 0 Å². The molecule has 0 radical (unpaired) electrons. The van der Waals surface area contributed by atoms with E-state index in [0.29, 0.717) is 12.4 Å². The van der Waals surface area contributed by atoms with Gasteiger partial charge in [-0.3, -0.25) is 0 Å². The number of phenolic OH excluding ortho intramolecular Hbond substituents is 1. The van der Waals surface area contributed by atoms with Crippen LogP contribution in [0.5, 0.6) is 11.5 Å². The maximum absolute atomic E-state index is 10.0. The zero-order valence-electron chi connectivity index (χ0n) is 9.18. The summed E-state index contributed by atoms with van der Waals surface area (Å²) in [5, 5.41) is 10.0. The molecule has 2 heteroatoms. The van der Waals surface area contributed by atoms with Crippen LogP contribution in [0.2, 0.25) is 0 Å². The Hall–Kier alpha value is -1.96. The van der Waals surface area contributed by atoms with Gasteiger partial charge in [0.25, 0.3) is 0 Å². The van der Waals surface area contributed by atoms with Crippen molar-refractivity contribution in [3.8, 4) is 22.6 Å².